The van der Waals surface area contributed by atoms with E-state index in [0.717, 1.165) is 45.4 Å². The molecule has 1 saturated carbocycles. The number of hydrogen-bond acceptors (Lipinski definition) is 3. The molecule has 1 spiro atoms. The number of amides is 2. The van der Waals surface area contributed by atoms with Gasteiger partial charge in [0.1, 0.15) is 0 Å². The maximum absolute atomic E-state index is 13.2. The summed E-state index contributed by atoms with van der Waals surface area (Å²) in [6.45, 7) is 4.00. The van der Waals surface area contributed by atoms with E-state index in [1.54, 1.807) is 19.0 Å². The maximum Gasteiger partial charge on any atom is 0.236 e. The molecule has 24 heavy (non-hydrogen) atoms. The second kappa shape index (κ2) is 7.42. The number of piperidine rings is 1. The van der Waals surface area contributed by atoms with E-state index in [4.69, 9.17) is 0 Å². The van der Waals surface area contributed by atoms with Crippen LogP contribution in [0.1, 0.15) is 51.4 Å². The van der Waals surface area contributed by atoms with E-state index in [-0.39, 0.29) is 11.3 Å². The minimum absolute atomic E-state index is 0.134. The Morgan fingerprint density at radius 1 is 1.12 bits per heavy atom. The van der Waals surface area contributed by atoms with Gasteiger partial charge in [-0.1, -0.05) is 19.3 Å². The summed E-state index contributed by atoms with van der Waals surface area (Å²) in [6, 6.07) is 0. The van der Waals surface area contributed by atoms with Crippen LogP contribution in [0.15, 0.2) is 0 Å². The normalized spacial score (nSPS) is 29.4. The average Bonchev–Trinajstić information content (AvgIpc) is 2.96. The van der Waals surface area contributed by atoms with Gasteiger partial charge >= 0.3 is 0 Å². The van der Waals surface area contributed by atoms with Gasteiger partial charge in [0.15, 0.2) is 0 Å². The van der Waals surface area contributed by atoms with Crippen LogP contribution < -0.4 is 0 Å². The zero-order valence-corrected chi connectivity index (χ0v) is 15.4. The highest BCUT2D eigenvalue weighted by Crippen LogP contribution is 2.40. The van der Waals surface area contributed by atoms with E-state index >= 15 is 0 Å². The summed E-state index contributed by atoms with van der Waals surface area (Å²) in [5, 5.41) is 0. The van der Waals surface area contributed by atoms with Crippen LogP contribution in [0.2, 0.25) is 0 Å². The van der Waals surface area contributed by atoms with Gasteiger partial charge in [0.05, 0.1) is 12.0 Å². The number of hydrogen-bond donors (Lipinski definition) is 0. The van der Waals surface area contributed by atoms with Gasteiger partial charge in [0.25, 0.3) is 0 Å². The number of rotatable bonds is 4. The highest BCUT2D eigenvalue weighted by atomic mass is 16.2. The number of likely N-dealkylation sites (tertiary alicyclic amines) is 2. The molecule has 0 radical (unpaired) electrons. The molecule has 3 fully saturated rings. The van der Waals surface area contributed by atoms with Crippen LogP contribution in [-0.4, -0.2) is 73.3 Å². The largest absolute Gasteiger partial charge is 0.348 e. The van der Waals surface area contributed by atoms with Crippen LogP contribution in [0, 0.1) is 11.3 Å². The molecule has 2 amide bonds. The molecule has 0 bridgehead atoms. The first kappa shape index (κ1) is 17.7. The molecule has 2 aliphatic heterocycles. The van der Waals surface area contributed by atoms with Crippen molar-refractivity contribution in [2.75, 3.05) is 46.8 Å². The predicted molar refractivity (Wildman–Crippen MR) is 94.6 cm³/mol. The molecular formula is C19H33N3O2. The number of likely N-dealkylation sites (N-methyl/N-ethyl adjacent to an activating group) is 1. The molecule has 0 aromatic carbocycles. The molecule has 0 aromatic rings. The van der Waals surface area contributed by atoms with Crippen LogP contribution in [0.4, 0.5) is 0 Å². The molecule has 136 valence electrons. The Labute approximate surface area is 146 Å². The first-order valence-electron chi connectivity index (χ1n) is 9.72. The van der Waals surface area contributed by atoms with Crippen molar-refractivity contribution in [3.8, 4) is 0 Å². The highest BCUT2D eigenvalue weighted by Gasteiger charge is 2.48. The van der Waals surface area contributed by atoms with E-state index in [1.165, 1.54) is 32.1 Å². The minimum atomic E-state index is -0.209. The topological polar surface area (TPSA) is 43.9 Å². The van der Waals surface area contributed by atoms with E-state index in [0.29, 0.717) is 18.4 Å². The number of carbonyl (C=O) groups is 2. The van der Waals surface area contributed by atoms with Crippen molar-refractivity contribution < 1.29 is 9.59 Å². The Morgan fingerprint density at radius 3 is 2.58 bits per heavy atom. The van der Waals surface area contributed by atoms with Crippen molar-refractivity contribution >= 4 is 11.8 Å². The summed E-state index contributed by atoms with van der Waals surface area (Å²) in [5.74, 6) is 1.22. The van der Waals surface area contributed by atoms with Gasteiger partial charge in [-0.2, -0.15) is 0 Å². The van der Waals surface area contributed by atoms with Crippen LogP contribution in [-0.2, 0) is 9.59 Å². The van der Waals surface area contributed by atoms with Gasteiger partial charge in [-0.15, -0.1) is 0 Å². The minimum Gasteiger partial charge on any atom is -0.348 e. The summed E-state index contributed by atoms with van der Waals surface area (Å²) < 4.78 is 0. The SMILES string of the molecule is CN(C)C(=O)CN1CCC2(CCCN(CC3CCCCC3)C2=O)C1. The van der Waals surface area contributed by atoms with Crippen molar-refractivity contribution in [1.82, 2.24) is 14.7 Å². The number of nitrogens with zero attached hydrogens (tertiary/aromatic N) is 3. The molecule has 2 heterocycles. The van der Waals surface area contributed by atoms with Crippen molar-refractivity contribution in [3.63, 3.8) is 0 Å². The Hall–Kier alpha value is -1.10. The quantitative estimate of drug-likeness (QED) is 0.789. The zero-order chi connectivity index (χ0) is 17.2. The third kappa shape index (κ3) is 3.76. The molecule has 2 saturated heterocycles. The molecule has 5 heteroatoms. The van der Waals surface area contributed by atoms with Crippen LogP contribution >= 0.6 is 0 Å². The van der Waals surface area contributed by atoms with Crippen molar-refractivity contribution in [2.24, 2.45) is 11.3 Å². The van der Waals surface area contributed by atoms with E-state index < -0.39 is 0 Å². The van der Waals surface area contributed by atoms with Crippen LogP contribution in [0.5, 0.6) is 0 Å². The summed E-state index contributed by atoms with van der Waals surface area (Å²) in [7, 11) is 3.59. The van der Waals surface area contributed by atoms with Gasteiger partial charge in [-0.25, -0.2) is 0 Å². The lowest BCUT2D eigenvalue weighted by Crippen LogP contribution is -2.51. The molecular weight excluding hydrogens is 302 g/mol. The zero-order valence-electron chi connectivity index (χ0n) is 15.4. The van der Waals surface area contributed by atoms with E-state index in [1.807, 2.05) is 0 Å². The Bertz CT molecular complexity index is 473. The van der Waals surface area contributed by atoms with Crippen LogP contribution in [0.25, 0.3) is 0 Å². The van der Waals surface area contributed by atoms with Crippen molar-refractivity contribution in [2.45, 2.75) is 51.4 Å². The molecule has 1 unspecified atom stereocenters. The van der Waals surface area contributed by atoms with Gasteiger partial charge in [-0.3, -0.25) is 14.5 Å². The molecule has 1 atom stereocenters. The average molecular weight is 335 g/mol. The van der Waals surface area contributed by atoms with Crippen molar-refractivity contribution in [1.29, 1.82) is 0 Å². The fourth-order valence-corrected chi connectivity index (χ4v) is 4.81. The van der Waals surface area contributed by atoms with Gasteiger partial charge in [0.2, 0.25) is 11.8 Å². The second-order valence-corrected chi connectivity index (χ2v) is 8.39. The van der Waals surface area contributed by atoms with Crippen molar-refractivity contribution in [3.05, 3.63) is 0 Å². The smallest absolute Gasteiger partial charge is 0.236 e. The fourth-order valence-electron chi connectivity index (χ4n) is 4.81. The van der Waals surface area contributed by atoms with Crippen LogP contribution in [0.3, 0.4) is 0 Å². The monoisotopic (exact) mass is 335 g/mol. The fraction of sp³-hybridized carbons (Fsp3) is 0.895. The lowest BCUT2D eigenvalue weighted by atomic mass is 9.77. The first-order chi connectivity index (χ1) is 11.5. The Morgan fingerprint density at radius 2 is 1.88 bits per heavy atom. The molecule has 0 aromatic heterocycles. The van der Waals surface area contributed by atoms with E-state index in [9.17, 15) is 9.59 Å². The van der Waals surface area contributed by atoms with Gasteiger partial charge in [-0.05, 0) is 44.6 Å². The predicted octanol–water partition coefficient (Wildman–Crippen LogP) is 1.97. The molecule has 3 rings (SSSR count). The third-order valence-corrected chi connectivity index (χ3v) is 6.32. The molecule has 0 N–H and O–H groups in total. The van der Waals surface area contributed by atoms with Gasteiger partial charge in [0, 0.05) is 33.7 Å². The lowest BCUT2D eigenvalue weighted by molar-refractivity contribution is -0.147. The maximum atomic E-state index is 13.2. The Kier molecular flexibility index (Phi) is 5.48. The molecule has 5 nitrogen and oxygen atoms in total. The summed E-state index contributed by atoms with van der Waals surface area (Å²) in [4.78, 5) is 31.2. The summed E-state index contributed by atoms with van der Waals surface area (Å²) >= 11 is 0. The molecule has 1 aliphatic carbocycles. The summed E-state index contributed by atoms with van der Waals surface area (Å²) in [6.07, 6.45) is 9.65. The Balaban J connectivity index is 1.59. The first-order valence-corrected chi connectivity index (χ1v) is 9.72. The van der Waals surface area contributed by atoms with Gasteiger partial charge < -0.3 is 9.80 Å². The molecule has 3 aliphatic rings. The lowest BCUT2D eigenvalue weighted by Gasteiger charge is -2.41. The highest BCUT2D eigenvalue weighted by molar-refractivity contribution is 5.84. The third-order valence-electron chi connectivity index (χ3n) is 6.32. The van der Waals surface area contributed by atoms with E-state index in [2.05, 4.69) is 9.80 Å². The number of carbonyl (C=O) groups excluding carboxylic acids is 2. The standard InChI is InChI=1S/C19H33N3O2/c1-20(2)17(23)14-21-12-10-19(15-21)9-6-11-22(18(19)24)13-16-7-4-3-5-8-16/h16H,3-15H2,1-2H3. The summed E-state index contributed by atoms with van der Waals surface area (Å²) in [5.41, 5.74) is -0.209. The second-order valence-electron chi connectivity index (χ2n) is 8.39.